The molecule has 1 aliphatic rings. The SMILES string of the molecule is CCCC1CCN(CCCCCCl)CC1. The Morgan fingerprint density at radius 3 is 2.47 bits per heavy atom. The van der Waals surface area contributed by atoms with Crippen molar-refractivity contribution in [2.45, 2.75) is 51.9 Å². The molecule has 0 spiro atoms. The Morgan fingerprint density at radius 1 is 1.13 bits per heavy atom. The third-order valence-electron chi connectivity index (χ3n) is 3.51. The third kappa shape index (κ3) is 5.77. The van der Waals surface area contributed by atoms with Crippen LogP contribution >= 0.6 is 11.6 Å². The lowest BCUT2D eigenvalue weighted by molar-refractivity contribution is 0.176. The third-order valence-corrected chi connectivity index (χ3v) is 3.78. The van der Waals surface area contributed by atoms with Gasteiger partial charge in [0.1, 0.15) is 0 Å². The molecule has 1 rings (SSSR count). The van der Waals surface area contributed by atoms with Crippen molar-refractivity contribution in [1.82, 2.24) is 4.90 Å². The zero-order valence-electron chi connectivity index (χ0n) is 10.2. The number of piperidine rings is 1. The van der Waals surface area contributed by atoms with Gasteiger partial charge < -0.3 is 4.90 Å². The van der Waals surface area contributed by atoms with Crippen molar-refractivity contribution in [2.24, 2.45) is 5.92 Å². The average Bonchev–Trinajstić information content (AvgIpc) is 2.27. The van der Waals surface area contributed by atoms with Gasteiger partial charge in [-0.1, -0.05) is 26.2 Å². The van der Waals surface area contributed by atoms with Crippen LogP contribution in [0.2, 0.25) is 0 Å². The van der Waals surface area contributed by atoms with E-state index in [4.69, 9.17) is 11.6 Å². The molecule has 0 bridgehead atoms. The van der Waals surface area contributed by atoms with Gasteiger partial charge in [0.2, 0.25) is 0 Å². The van der Waals surface area contributed by atoms with Crippen molar-refractivity contribution in [2.75, 3.05) is 25.5 Å². The molecule has 0 saturated carbocycles. The molecule has 0 aliphatic carbocycles. The lowest BCUT2D eigenvalue weighted by Crippen LogP contribution is -2.34. The van der Waals surface area contributed by atoms with Gasteiger partial charge in [-0.15, -0.1) is 11.6 Å². The summed E-state index contributed by atoms with van der Waals surface area (Å²) in [5, 5.41) is 0. The number of likely N-dealkylation sites (tertiary alicyclic amines) is 1. The van der Waals surface area contributed by atoms with Crippen molar-refractivity contribution >= 4 is 11.6 Å². The van der Waals surface area contributed by atoms with Gasteiger partial charge in [0, 0.05) is 5.88 Å². The Kier molecular flexibility index (Phi) is 7.46. The topological polar surface area (TPSA) is 3.24 Å². The lowest BCUT2D eigenvalue weighted by Gasteiger charge is -2.31. The summed E-state index contributed by atoms with van der Waals surface area (Å²) in [6.07, 6.45) is 9.50. The van der Waals surface area contributed by atoms with Gasteiger partial charge in [-0.2, -0.15) is 0 Å². The molecule has 2 heteroatoms. The first kappa shape index (κ1) is 13.3. The minimum Gasteiger partial charge on any atom is -0.303 e. The highest BCUT2D eigenvalue weighted by molar-refractivity contribution is 6.17. The van der Waals surface area contributed by atoms with Crippen molar-refractivity contribution in [3.63, 3.8) is 0 Å². The highest BCUT2D eigenvalue weighted by Gasteiger charge is 2.17. The maximum Gasteiger partial charge on any atom is 0.0223 e. The molecule has 0 aromatic heterocycles. The highest BCUT2D eigenvalue weighted by atomic mass is 35.5. The molecule has 0 radical (unpaired) electrons. The van der Waals surface area contributed by atoms with Crippen LogP contribution in [0.1, 0.15) is 51.9 Å². The smallest absolute Gasteiger partial charge is 0.0223 e. The fourth-order valence-corrected chi connectivity index (χ4v) is 2.70. The normalized spacial score (nSPS) is 19.6. The van der Waals surface area contributed by atoms with Gasteiger partial charge in [-0.05, 0) is 51.2 Å². The van der Waals surface area contributed by atoms with Crippen LogP contribution < -0.4 is 0 Å². The van der Waals surface area contributed by atoms with E-state index in [1.807, 2.05) is 0 Å². The minimum atomic E-state index is 0.832. The second-order valence-electron chi connectivity index (χ2n) is 4.82. The molecule has 1 fully saturated rings. The van der Waals surface area contributed by atoms with Crippen LogP contribution in [0.3, 0.4) is 0 Å². The molecule has 1 heterocycles. The Hall–Kier alpha value is 0.250. The van der Waals surface area contributed by atoms with E-state index in [2.05, 4.69) is 11.8 Å². The molecule has 0 aromatic carbocycles. The summed E-state index contributed by atoms with van der Waals surface area (Å²) in [6.45, 7) is 6.28. The first-order valence-corrected chi connectivity index (χ1v) is 7.18. The second-order valence-corrected chi connectivity index (χ2v) is 5.20. The van der Waals surface area contributed by atoms with E-state index in [0.717, 1.165) is 11.8 Å². The van der Waals surface area contributed by atoms with Crippen LogP contribution in [0.25, 0.3) is 0 Å². The summed E-state index contributed by atoms with van der Waals surface area (Å²) >= 11 is 5.66. The summed E-state index contributed by atoms with van der Waals surface area (Å²) < 4.78 is 0. The average molecular weight is 232 g/mol. The van der Waals surface area contributed by atoms with Crippen LogP contribution in [0.5, 0.6) is 0 Å². The highest BCUT2D eigenvalue weighted by Crippen LogP contribution is 2.21. The number of rotatable bonds is 7. The van der Waals surface area contributed by atoms with E-state index in [1.54, 1.807) is 0 Å². The van der Waals surface area contributed by atoms with Gasteiger partial charge in [0.05, 0.1) is 0 Å². The monoisotopic (exact) mass is 231 g/mol. The Balaban J connectivity index is 1.99. The quantitative estimate of drug-likeness (QED) is 0.475. The van der Waals surface area contributed by atoms with Gasteiger partial charge in [0.15, 0.2) is 0 Å². The largest absolute Gasteiger partial charge is 0.303 e. The Bertz CT molecular complexity index is 139. The van der Waals surface area contributed by atoms with Gasteiger partial charge in [-0.3, -0.25) is 0 Å². The van der Waals surface area contributed by atoms with Crippen molar-refractivity contribution in [3.05, 3.63) is 0 Å². The standard InChI is InChI=1S/C13H26ClN/c1-2-6-13-7-11-15(12-8-13)10-5-3-4-9-14/h13H,2-12H2,1H3. The maximum absolute atomic E-state index is 5.66. The molecule has 1 aliphatic heterocycles. The van der Waals surface area contributed by atoms with Crippen molar-refractivity contribution < 1.29 is 0 Å². The summed E-state index contributed by atoms with van der Waals surface area (Å²) in [5.74, 6) is 1.85. The molecular formula is C13H26ClN. The summed E-state index contributed by atoms with van der Waals surface area (Å²) in [5.41, 5.74) is 0. The lowest BCUT2D eigenvalue weighted by atomic mass is 9.92. The molecule has 0 aromatic rings. The molecular weight excluding hydrogens is 206 g/mol. The van der Waals surface area contributed by atoms with Crippen LogP contribution in [-0.4, -0.2) is 30.4 Å². The first-order chi connectivity index (χ1) is 7.36. The number of hydrogen-bond acceptors (Lipinski definition) is 1. The summed E-state index contributed by atoms with van der Waals surface area (Å²) in [7, 11) is 0. The van der Waals surface area contributed by atoms with E-state index >= 15 is 0 Å². The Labute approximate surface area is 100 Å². The fraction of sp³-hybridized carbons (Fsp3) is 1.00. The maximum atomic E-state index is 5.66. The number of hydrogen-bond donors (Lipinski definition) is 0. The fourth-order valence-electron chi connectivity index (χ4n) is 2.51. The van der Waals surface area contributed by atoms with Gasteiger partial charge >= 0.3 is 0 Å². The van der Waals surface area contributed by atoms with E-state index in [-0.39, 0.29) is 0 Å². The Morgan fingerprint density at radius 2 is 1.87 bits per heavy atom. The molecule has 1 nitrogen and oxygen atoms in total. The first-order valence-electron chi connectivity index (χ1n) is 6.65. The number of nitrogens with zero attached hydrogens (tertiary/aromatic N) is 1. The zero-order chi connectivity index (χ0) is 10.9. The van der Waals surface area contributed by atoms with Crippen LogP contribution in [0.15, 0.2) is 0 Å². The molecule has 0 unspecified atom stereocenters. The molecule has 1 saturated heterocycles. The number of halogens is 1. The zero-order valence-corrected chi connectivity index (χ0v) is 10.9. The van der Waals surface area contributed by atoms with E-state index in [1.165, 1.54) is 64.6 Å². The molecule has 0 amide bonds. The minimum absolute atomic E-state index is 0.832. The van der Waals surface area contributed by atoms with Crippen molar-refractivity contribution in [3.8, 4) is 0 Å². The van der Waals surface area contributed by atoms with Gasteiger partial charge in [0.25, 0.3) is 0 Å². The summed E-state index contributed by atoms with van der Waals surface area (Å²) in [4.78, 5) is 2.64. The van der Waals surface area contributed by atoms with E-state index in [0.29, 0.717) is 0 Å². The molecule has 0 N–H and O–H groups in total. The number of unbranched alkanes of at least 4 members (excludes halogenated alkanes) is 2. The molecule has 90 valence electrons. The summed E-state index contributed by atoms with van der Waals surface area (Å²) in [6, 6.07) is 0. The van der Waals surface area contributed by atoms with E-state index < -0.39 is 0 Å². The van der Waals surface area contributed by atoms with Crippen molar-refractivity contribution in [1.29, 1.82) is 0 Å². The van der Waals surface area contributed by atoms with Crippen LogP contribution in [0, 0.1) is 5.92 Å². The van der Waals surface area contributed by atoms with Crippen LogP contribution in [-0.2, 0) is 0 Å². The predicted molar refractivity (Wildman–Crippen MR) is 68.6 cm³/mol. The van der Waals surface area contributed by atoms with Crippen LogP contribution in [0.4, 0.5) is 0 Å². The van der Waals surface area contributed by atoms with E-state index in [9.17, 15) is 0 Å². The molecule has 15 heavy (non-hydrogen) atoms. The number of alkyl halides is 1. The molecule has 0 atom stereocenters. The predicted octanol–water partition coefficient (Wildman–Crippen LogP) is 3.91. The van der Waals surface area contributed by atoms with Gasteiger partial charge in [-0.25, -0.2) is 0 Å². The second kappa shape index (κ2) is 8.41.